The van der Waals surface area contributed by atoms with Crippen molar-refractivity contribution in [2.75, 3.05) is 38.7 Å². The molecule has 0 spiro atoms. The number of anilines is 1. The van der Waals surface area contributed by atoms with Crippen molar-refractivity contribution in [2.45, 2.75) is 36.5 Å². The summed E-state index contributed by atoms with van der Waals surface area (Å²) in [5.41, 5.74) is 2.33. The van der Waals surface area contributed by atoms with E-state index in [2.05, 4.69) is 34.7 Å². The zero-order valence-electron chi connectivity index (χ0n) is 16.5. The van der Waals surface area contributed by atoms with E-state index < -0.39 is 5.54 Å². The Labute approximate surface area is 180 Å². The molecule has 156 valence electrons. The van der Waals surface area contributed by atoms with Gasteiger partial charge in [0, 0.05) is 31.8 Å². The van der Waals surface area contributed by atoms with Crippen molar-refractivity contribution >= 4 is 40.9 Å². The zero-order valence-corrected chi connectivity index (χ0v) is 18.1. The highest BCUT2D eigenvalue weighted by molar-refractivity contribution is 8.06. The first-order valence-corrected chi connectivity index (χ1v) is 11.2. The fourth-order valence-electron chi connectivity index (χ4n) is 3.97. The van der Waals surface area contributed by atoms with Gasteiger partial charge in [-0.25, -0.2) is 0 Å². The van der Waals surface area contributed by atoms with Crippen LogP contribution in [0.25, 0.3) is 0 Å². The molecular formula is C21H26ClN3O3S. The van der Waals surface area contributed by atoms with E-state index >= 15 is 0 Å². The average molecular weight is 436 g/mol. The quantitative estimate of drug-likeness (QED) is 0.760. The number of rotatable bonds is 4. The molecule has 4 rings (SSSR count). The summed E-state index contributed by atoms with van der Waals surface area (Å²) in [7, 11) is 2.13. The van der Waals surface area contributed by atoms with Gasteiger partial charge in [0.2, 0.25) is 5.91 Å². The summed E-state index contributed by atoms with van der Waals surface area (Å²) < 4.78 is 6.12. The predicted molar refractivity (Wildman–Crippen MR) is 116 cm³/mol. The normalized spacial score (nSPS) is 27.1. The van der Waals surface area contributed by atoms with Crippen molar-refractivity contribution in [3.05, 3.63) is 39.8 Å². The van der Waals surface area contributed by atoms with Crippen LogP contribution in [0, 0.1) is 0 Å². The Morgan fingerprint density at radius 2 is 2.07 bits per heavy atom. The van der Waals surface area contributed by atoms with Crippen molar-refractivity contribution in [2.24, 2.45) is 0 Å². The van der Waals surface area contributed by atoms with E-state index in [9.17, 15) is 9.59 Å². The van der Waals surface area contributed by atoms with Crippen molar-refractivity contribution in [3.8, 4) is 0 Å². The van der Waals surface area contributed by atoms with Crippen LogP contribution in [0.4, 0.5) is 5.69 Å². The first kappa shape index (κ1) is 20.7. The predicted octanol–water partition coefficient (Wildman–Crippen LogP) is 2.52. The molecule has 6 nitrogen and oxygen atoms in total. The van der Waals surface area contributed by atoms with Gasteiger partial charge in [-0.15, -0.1) is 11.8 Å². The first-order chi connectivity index (χ1) is 13.9. The van der Waals surface area contributed by atoms with Gasteiger partial charge < -0.3 is 20.3 Å². The maximum absolute atomic E-state index is 13.2. The van der Waals surface area contributed by atoms with Gasteiger partial charge in [0.05, 0.1) is 16.2 Å². The minimum atomic E-state index is -1.04. The summed E-state index contributed by atoms with van der Waals surface area (Å²) in [6.45, 7) is 2.68. The maximum Gasteiger partial charge on any atom is 0.252 e. The molecule has 3 aliphatic heterocycles. The Morgan fingerprint density at radius 3 is 2.76 bits per heavy atom. The fraction of sp³-hybridized carbons (Fsp3) is 0.524. The van der Waals surface area contributed by atoms with E-state index in [1.165, 1.54) is 22.9 Å². The van der Waals surface area contributed by atoms with Gasteiger partial charge in [-0.05, 0) is 49.6 Å². The van der Waals surface area contributed by atoms with Crippen LogP contribution in [0.15, 0.2) is 28.6 Å². The number of halogens is 1. The summed E-state index contributed by atoms with van der Waals surface area (Å²) in [5, 5.41) is 5.68. The highest BCUT2D eigenvalue weighted by Crippen LogP contribution is 2.35. The first-order valence-electron chi connectivity index (χ1n) is 9.99. The highest BCUT2D eigenvalue weighted by atomic mass is 35.5. The molecular weight excluding hydrogens is 410 g/mol. The Kier molecular flexibility index (Phi) is 6.20. The molecule has 0 saturated carbocycles. The number of carbonyl (C=O) groups is 2. The lowest BCUT2D eigenvalue weighted by Crippen LogP contribution is -2.59. The van der Waals surface area contributed by atoms with Crippen molar-refractivity contribution in [1.82, 2.24) is 10.2 Å². The molecule has 0 bridgehead atoms. The van der Waals surface area contributed by atoms with Crippen LogP contribution in [0.5, 0.6) is 0 Å². The number of hydrogen-bond donors (Lipinski definition) is 2. The number of thioether (sulfide) groups is 1. The van der Waals surface area contributed by atoms with Gasteiger partial charge in [0.1, 0.15) is 5.54 Å². The van der Waals surface area contributed by atoms with Gasteiger partial charge >= 0.3 is 0 Å². The van der Waals surface area contributed by atoms with E-state index in [0.717, 1.165) is 31.6 Å². The zero-order chi connectivity index (χ0) is 20.4. The molecule has 1 fully saturated rings. The van der Waals surface area contributed by atoms with Gasteiger partial charge in [-0.3, -0.25) is 9.59 Å². The molecule has 8 heteroatoms. The van der Waals surface area contributed by atoms with Gasteiger partial charge in [0.25, 0.3) is 5.91 Å². The molecule has 2 amide bonds. The topological polar surface area (TPSA) is 70.7 Å². The second kappa shape index (κ2) is 8.68. The second-order valence-corrected chi connectivity index (χ2v) is 9.84. The maximum atomic E-state index is 13.2. The van der Waals surface area contributed by atoms with Crippen LogP contribution in [-0.2, 0) is 27.2 Å². The molecule has 3 heterocycles. The highest BCUT2D eigenvalue weighted by Gasteiger charge is 2.45. The average Bonchev–Trinajstić information content (AvgIpc) is 3.31. The Balaban J connectivity index is 1.46. The van der Waals surface area contributed by atoms with E-state index in [1.807, 2.05) is 12.1 Å². The summed E-state index contributed by atoms with van der Waals surface area (Å²) in [6.07, 6.45) is 4.85. The number of fused-ring (bicyclic) bond motifs is 1. The van der Waals surface area contributed by atoms with Crippen LogP contribution in [0.1, 0.15) is 24.0 Å². The minimum Gasteiger partial charge on any atom is -0.378 e. The molecule has 29 heavy (non-hydrogen) atoms. The minimum absolute atomic E-state index is 0.174. The Hall–Kier alpha value is -1.54. The van der Waals surface area contributed by atoms with E-state index in [0.29, 0.717) is 23.8 Å². The molecule has 0 aliphatic carbocycles. The lowest BCUT2D eigenvalue weighted by Gasteiger charge is -2.29. The summed E-state index contributed by atoms with van der Waals surface area (Å²) in [6, 6.07) is 6.11. The molecule has 0 radical (unpaired) electrons. The third kappa shape index (κ3) is 4.63. The number of benzene rings is 1. The third-order valence-electron chi connectivity index (χ3n) is 5.85. The van der Waals surface area contributed by atoms with Crippen LogP contribution in [-0.4, -0.2) is 60.9 Å². The molecule has 0 aromatic heterocycles. The Morgan fingerprint density at radius 1 is 1.28 bits per heavy atom. The van der Waals surface area contributed by atoms with Crippen LogP contribution >= 0.6 is 23.4 Å². The number of carbonyl (C=O) groups excluding carboxylic acids is 2. The molecule has 1 aromatic rings. The summed E-state index contributed by atoms with van der Waals surface area (Å²) in [5.74, 6) is -0.399. The number of ether oxygens (including phenoxy) is 1. The SMILES string of the molecule is CN1CCc2ccc(NC(=O)[C@]3(NC(=O)C4CC=C(Cl)S4)CCOC3)cc2CC1. The Bertz CT molecular complexity index is 838. The molecule has 2 N–H and O–H groups in total. The second-order valence-electron chi connectivity index (χ2n) is 7.97. The van der Waals surface area contributed by atoms with E-state index in [4.69, 9.17) is 16.3 Å². The standard InChI is InChI=1S/C21H26ClN3O3S/c1-25-9-6-14-2-3-16(12-15(14)7-10-25)23-20(27)21(8-11-28-13-21)24-19(26)17-4-5-18(22)29-17/h2-3,5,12,17H,4,6-11,13H2,1H3,(H,23,27)(H,24,26)/t17?,21-/m0/s1. The third-order valence-corrected chi connectivity index (χ3v) is 7.35. The summed E-state index contributed by atoms with van der Waals surface area (Å²) >= 11 is 7.31. The number of hydrogen-bond acceptors (Lipinski definition) is 5. The number of nitrogens with one attached hydrogen (secondary N) is 2. The van der Waals surface area contributed by atoms with Gasteiger partial charge in [-0.2, -0.15) is 0 Å². The van der Waals surface area contributed by atoms with Gasteiger partial charge in [0.15, 0.2) is 0 Å². The lowest BCUT2D eigenvalue weighted by molar-refractivity contribution is -0.130. The van der Waals surface area contributed by atoms with Crippen LogP contribution in [0.3, 0.4) is 0 Å². The summed E-state index contributed by atoms with van der Waals surface area (Å²) in [4.78, 5) is 28.2. The molecule has 3 aliphatic rings. The van der Waals surface area contributed by atoms with Gasteiger partial charge in [-0.1, -0.05) is 23.7 Å². The van der Waals surface area contributed by atoms with Crippen molar-refractivity contribution < 1.29 is 14.3 Å². The monoisotopic (exact) mass is 435 g/mol. The largest absolute Gasteiger partial charge is 0.378 e. The smallest absolute Gasteiger partial charge is 0.252 e. The molecule has 2 atom stereocenters. The van der Waals surface area contributed by atoms with E-state index in [-0.39, 0.29) is 23.7 Å². The van der Waals surface area contributed by atoms with Crippen LogP contribution in [0.2, 0.25) is 0 Å². The van der Waals surface area contributed by atoms with Crippen molar-refractivity contribution in [1.29, 1.82) is 0 Å². The number of likely N-dealkylation sites (N-methyl/N-ethyl adjacent to an activating group) is 1. The van der Waals surface area contributed by atoms with Crippen molar-refractivity contribution in [3.63, 3.8) is 0 Å². The van der Waals surface area contributed by atoms with Crippen LogP contribution < -0.4 is 10.6 Å². The number of amides is 2. The molecule has 1 saturated heterocycles. The number of nitrogens with zero attached hydrogens (tertiary/aromatic N) is 1. The number of allylic oxidation sites excluding steroid dienone is 1. The molecule has 1 unspecified atom stereocenters. The fourth-order valence-corrected chi connectivity index (χ4v) is 5.21. The molecule has 1 aromatic carbocycles. The lowest BCUT2D eigenvalue weighted by atomic mass is 9.96. The van der Waals surface area contributed by atoms with E-state index in [1.54, 1.807) is 0 Å².